The van der Waals surface area contributed by atoms with E-state index in [1.807, 2.05) is 19.9 Å². The second-order valence-corrected chi connectivity index (χ2v) is 11.0. The van der Waals surface area contributed by atoms with Gasteiger partial charge in [-0.2, -0.15) is 0 Å². The van der Waals surface area contributed by atoms with E-state index in [0.29, 0.717) is 73.1 Å². The van der Waals surface area contributed by atoms with Crippen LogP contribution in [0.25, 0.3) is 27.9 Å². The van der Waals surface area contributed by atoms with Crippen LogP contribution in [-0.4, -0.2) is 83.5 Å². The highest BCUT2D eigenvalue weighted by atomic mass is 32.2. The predicted octanol–water partition coefficient (Wildman–Crippen LogP) is 1.85. The van der Waals surface area contributed by atoms with Crippen molar-refractivity contribution in [3.05, 3.63) is 41.1 Å². The van der Waals surface area contributed by atoms with Crippen molar-refractivity contribution in [1.29, 1.82) is 0 Å². The minimum Gasteiger partial charge on any atom is -0.493 e. The van der Waals surface area contributed by atoms with Crippen LogP contribution in [0.3, 0.4) is 0 Å². The van der Waals surface area contributed by atoms with E-state index >= 15 is 0 Å². The smallest absolute Gasteiger partial charge is 0.335 e. The van der Waals surface area contributed by atoms with Gasteiger partial charge in [-0.1, -0.05) is 13.8 Å². The largest absolute Gasteiger partial charge is 0.493 e. The van der Waals surface area contributed by atoms with Crippen LogP contribution in [0.15, 0.2) is 40.3 Å². The molecular weight excluding hydrogens is 510 g/mol. The number of nitrogens with one attached hydrogen (secondary N) is 2. The number of aromatic amines is 1. The lowest BCUT2D eigenvalue weighted by Crippen LogP contribution is -2.41. The lowest BCUT2D eigenvalue weighted by atomic mass is 10.1. The Morgan fingerprint density at radius 3 is 2.71 bits per heavy atom. The maximum Gasteiger partial charge on any atom is 0.335 e. The van der Waals surface area contributed by atoms with E-state index in [1.165, 1.54) is 10.7 Å². The van der Waals surface area contributed by atoms with Crippen LogP contribution in [0, 0.1) is 0 Å². The van der Waals surface area contributed by atoms with Gasteiger partial charge < -0.3 is 14.5 Å². The van der Waals surface area contributed by atoms with E-state index in [4.69, 9.17) is 9.47 Å². The Hall–Kier alpha value is -3.26. The average molecular weight is 544 g/mol. The quantitative estimate of drug-likeness (QED) is 0.293. The lowest BCUT2D eigenvalue weighted by molar-refractivity contribution is 0.0390. The molecule has 0 unspecified atom stereocenters. The number of morpholine rings is 1. The van der Waals surface area contributed by atoms with E-state index in [-0.39, 0.29) is 10.6 Å². The summed E-state index contributed by atoms with van der Waals surface area (Å²) in [6, 6.07) is 6.68. The Morgan fingerprint density at radius 2 is 1.95 bits per heavy atom. The van der Waals surface area contributed by atoms with E-state index in [0.717, 1.165) is 25.9 Å². The van der Waals surface area contributed by atoms with E-state index < -0.39 is 10.0 Å². The van der Waals surface area contributed by atoms with Gasteiger partial charge in [0.2, 0.25) is 10.0 Å². The molecule has 0 bridgehead atoms. The van der Waals surface area contributed by atoms with E-state index in [2.05, 4.69) is 24.8 Å². The molecular formula is C25H33N7O5S. The first-order chi connectivity index (χ1) is 18.4. The van der Waals surface area contributed by atoms with Crippen molar-refractivity contribution in [2.24, 2.45) is 0 Å². The monoisotopic (exact) mass is 543 g/mol. The lowest BCUT2D eigenvalue weighted by Gasteiger charge is -2.26. The van der Waals surface area contributed by atoms with Gasteiger partial charge in [-0.15, -0.1) is 10.2 Å². The summed E-state index contributed by atoms with van der Waals surface area (Å²) in [5, 5.41) is 8.06. The van der Waals surface area contributed by atoms with Crippen LogP contribution in [0.4, 0.5) is 0 Å². The average Bonchev–Trinajstić information content (AvgIpc) is 3.58. The van der Waals surface area contributed by atoms with Crippen LogP contribution < -0.4 is 15.1 Å². The van der Waals surface area contributed by atoms with Crippen molar-refractivity contribution >= 4 is 26.7 Å². The molecule has 0 aliphatic carbocycles. The number of aryl methyl sites for hydroxylation is 1. The highest BCUT2D eigenvalue weighted by Crippen LogP contribution is 2.34. The van der Waals surface area contributed by atoms with Gasteiger partial charge in [-0.3, -0.25) is 9.47 Å². The minimum absolute atomic E-state index is 0.135. The molecule has 12 nitrogen and oxygen atoms in total. The van der Waals surface area contributed by atoms with Gasteiger partial charge in [0.1, 0.15) is 17.6 Å². The van der Waals surface area contributed by atoms with Crippen LogP contribution >= 0.6 is 0 Å². The Kier molecular flexibility index (Phi) is 7.79. The van der Waals surface area contributed by atoms with Crippen LogP contribution in [-0.2, 0) is 21.3 Å². The molecule has 38 heavy (non-hydrogen) atoms. The maximum absolute atomic E-state index is 13.2. The molecule has 204 valence electrons. The number of hydrogen-bond acceptors (Lipinski definition) is 8. The van der Waals surface area contributed by atoms with Crippen LogP contribution in [0.2, 0.25) is 0 Å². The molecule has 1 saturated heterocycles. The molecule has 0 spiro atoms. The molecule has 4 heterocycles. The molecule has 13 heteroatoms. The van der Waals surface area contributed by atoms with Crippen molar-refractivity contribution in [2.45, 2.75) is 38.1 Å². The summed E-state index contributed by atoms with van der Waals surface area (Å²) in [5.74, 6) is 0.549. The third kappa shape index (κ3) is 5.19. The number of fused-ring (bicyclic) bond motifs is 3. The Morgan fingerprint density at radius 1 is 1.13 bits per heavy atom. The van der Waals surface area contributed by atoms with Gasteiger partial charge in [0.15, 0.2) is 5.65 Å². The number of sulfonamides is 1. The predicted molar refractivity (Wildman–Crippen MR) is 143 cm³/mol. The second kappa shape index (κ2) is 11.2. The fourth-order valence-corrected chi connectivity index (χ4v) is 5.71. The topological polar surface area (TPSA) is 136 Å². The molecule has 2 N–H and O–H groups in total. The van der Waals surface area contributed by atoms with Crippen LogP contribution in [0.1, 0.15) is 26.7 Å². The Balaban J connectivity index is 1.53. The van der Waals surface area contributed by atoms with Crippen molar-refractivity contribution in [3.63, 3.8) is 0 Å². The van der Waals surface area contributed by atoms with Crippen molar-refractivity contribution in [1.82, 2.24) is 33.8 Å². The number of rotatable bonds is 11. The third-order valence-electron chi connectivity index (χ3n) is 6.58. The number of hydrogen-bond donors (Lipinski definition) is 2. The summed E-state index contributed by atoms with van der Waals surface area (Å²) >= 11 is 0. The minimum atomic E-state index is -3.77. The fourth-order valence-electron chi connectivity index (χ4n) is 4.66. The summed E-state index contributed by atoms with van der Waals surface area (Å²) in [6.45, 7) is 8.80. The molecule has 0 amide bonds. The Bertz CT molecular complexity index is 1580. The van der Waals surface area contributed by atoms with E-state index in [9.17, 15) is 13.2 Å². The summed E-state index contributed by atoms with van der Waals surface area (Å²) in [6.07, 6.45) is 2.96. The summed E-state index contributed by atoms with van der Waals surface area (Å²) in [5.41, 5.74) is 2.70. The molecule has 5 rings (SSSR count). The maximum atomic E-state index is 13.2. The number of H-pyrrole nitrogens is 1. The summed E-state index contributed by atoms with van der Waals surface area (Å²) in [7, 11) is -3.77. The summed E-state index contributed by atoms with van der Waals surface area (Å²) < 4.78 is 43.6. The number of benzene rings is 1. The zero-order chi connectivity index (χ0) is 26.7. The molecule has 0 radical (unpaired) electrons. The number of ether oxygens (including phenoxy) is 2. The second-order valence-electron chi connectivity index (χ2n) is 9.26. The van der Waals surface area contributed by atoms with Crippen molar-refractivity contribution in [2.75, 3.05) is 46.0 Å². The van der Waals surface area contributed by atoms with Gasteiger partial charge in [0.25, 0.3) is 0 Å². The number of aromatic nitrogens is 5. The molecule has 4 aromatic rings. The molecule has 1 fully saturated rings. The highest BCUT2D eigenvalue weighted by Gasteiger charge is 2.21. The standard InChI is InChI=1S/C25H33N7O5S/c1-3-8-31-21-16-20(28-23(21)24-29-26-17-32(24)25(31)33)19-15-18(5-6-22(19)37-12-4-2)38(34,35)27-7-9-30-10-13-36-14-11-30/h5-6,15-17,27-28H,3-4,7-14H2,1-2H3. The summed E-state index contributed by atoms with van der Waals surface area (Å²) in [4.78, 5) is 18.7. The first kappa shape index (κ1) is 26.4. The van der Waals surface area contributed by atoms with Crippen molar-refractivity contribution < 1.29 is 17.9 Å². The van der Waals surface area contributed by atoms with Gasteiger partial charge in [-0.25, -0.2) is 22.3 Å². The first-order valence-corrected chi connectivity index (χ1v) is 14.4. The SMILES string of the molecule is CCCOc1ccc(S(=O)(=O)NCCN2CCOCC2)cc1-c1cc2c([nH]1)c1nncn1c(=O)n2CCC. The van der Waals surface area contributed by atoms with Crippen molar-refractivity contribution in [3.8, 4) is 17.0 Å². The van der Waals surface area contributed by atoms with Gasteiger partial charge in [0.05, 0.1) is 35.9 Å². The molecule has 1 aliphatic rings. The van der Waals surface area contributed by atoms with E-state index in [1.54, 1.807) is 22.8 Å². The third-order valence-corrected chi connectivity index (χ3v) is 8.04. The fraction of sp³-hybridized carbons (Fsp3) is 0.480. The Labute approximate surface area is 220 Å². The van der Waals surface area contributed by atoms with Gasteiger partial charge >= 0.3 is 5.69 Å². The highest BCUT2D eigenvalue weighted by molar-refractivity contribution is 7.89. The van der Waals surface area contributed by atoms with Crippen LogP contribution in [0.5, 0.6) is 5.75 Å². The molecule has 1 aromatic carbocycles. The number of nitrogens with zero attached hydrogens (tertiary/aromatic N) is 5. The molecule has 1 aliphatic heterocycles. The zero-order valence-electron chi connectivity index (χ0n) is 21.6. The molecule has 0 atom stereocenters. The van der Waals surface area contributed by atoms with Gasteiger partial charge in [0, 0.05) is 38.3 Å². The zero-order valence-corrected chi connectivity index (χ0v) is 22.5. The molecule has 0 saturated carbocycles. The van der Waals surface area contributed by atoms with Gasteiger partial charge in [-0.05, 0) is 37.1 Å². The normalized spacial score (nSPS) is 15.0. The first-order valence-electron chi connectivity index (χ1n) is 12.9. The molecule has 3 aromatic heterocycles.